The molecule has 0 radical (unpaired) electrons. The predicted octanol–water partition coefficient (Wildman–Crippen LogP) is 5.07. The van der Waals surface area contributed by atoms with Gasteiger partial charge >= 0.3 is 0 Å². The van der Waals surface area contributed by atoms with Gasteiger partial charge in [0.05, 0.1) is 0 Å². The molecule has 6 heteroatoms. The van der Waals surface area contributed by atoms with Crippen LogP contribution in [0.25, 0.3) is 0 Å². The maximum atomic E-state index is 14.2. The third-order valence-corrected chi connectivity index (χ3v) is 4.66. The molecule has 0 amide bonds. The second-order valence-corrected chi connectivity index (χ2v) is 6.37. The molecule has 0 N–H and O–H groups in total. The van der Waals surface area contributed by atoms with Crippen LogP contribution in [-0.4, -0.2) is 16.5 Å². The molecule has 25 heavy (non-hydrogen) atoms. The van der Waals surface area contributed by atoms with Crippen molar-refractivity contribution in [1.29, 1.82) is 0 Å². The van der Waals surface area contributed by atoms with Crippen LogP contribution in [0.5, 0.6) is 0 Å². The second-order valence-electron chi connectivity index (χ2n) is 5.97. The SMILES string of the molecule is Fc1ccc(C2N=C(c3ncccc3F)N=C3CCCC=C32)c(Cl)c1. The van der Waals surface area contributed by atoms with Crippen molar-refractivity contribution in [1.82, 2.24) is 4.98 Å². The number of pyridine rings is 1. The number of allylic oxidation sites excluding steroid dienone is 1. The monoisotopic (exact) mass is 357 g/mol. The van der Waals surface area contributed by atoms with Gasteiger partial charge in [-0.2, -0.15) is 0 Å². The smallest absolute Gasteiger partial charge is 0.177 e. The molecule has 0 bridgehead atoms. The third kappa shape index (κ3) is 3.00. The van der Waals surface area contributed by atoms with Gasteiger partial charge in [0.1, 0.15) is 17.6 Å². The topological polar surface area (TPSA) is 37.6 Å². The standard InChI is InChI=1S/C19H14ClF2N3/c20-14-10-11(21)7-8-12(14)17-13-4-1-2-6-16(13)24-19(25-17)18-15(22)5-3-9-23-18/h3-5,7-10,17H,1-2,6H2. The highest BCUT2D eigenvalue weighted by Crippen LogP contribution is 2.38. The van der Waals surface area contributed by atoms with Crippen LogP contribution in [0, 0.1) is 11.6 Å². The van der Waals surface area contributed by atoms with Crippen molar-refractivity contribution >= 4 is 23.1 Å². The average Bonchev–Trinajstić information content (AvgIpc) is 2.61. The van der Waals surface area contributed by atoms with Crippen LogP contribution in [0.4, 0.5) is 8.78 Å². The molecule has 1 aromatic heterocycles. The summed E-state index contributed by atoms with van der Waals surface area (Å²) in [6, 6.07) is 6.66. The zero-order valence-electron chi connectivity index (χ0n) is 13.2. The molecule has 1 aliphatic carbocycles. The fraction of sp³-hybridized carbons (Fsp3) is 0.211. The Bertz CT molecular complexity index is 934. The summed E-state index contributed by atoms with van der Waals surface area (Å²) in [4.78, 5) is 13.2. The summed E-state index contributed by atoms with van der Waals surface area (Å²) in [5.41, 5.74) is 2.62. The normalized spacial score (nSPS) is 19.6. The molecule has 0 fully saturated rings. The van der Waals surface area contributed by atoms with Crippen LogP contribution in [0.15, 0.2) is 58.2 Å². The van der Waals surface area contributed by atoms with E-state index in [2.05, 4.69) is 21.0 Å². The van der Waals surface area contributed by atoms with Gasteiger partial charge in [-0.05, 0) is 54.7 Å². The molecular weight excluding hydrogens is 344 g/mol. The van der Waals surface area contributed by atoms with Crippen LogP contribution in [0.2, 0.25) is 5.02 Å². The van der Waals surface area contributed by atoms with E-state index in [1.807, 2.05) is 0 Å². The maximum absolute atomic E-state index is 14.2. The summed E-state index contributed by atoms with van der Waals surface area (Å²) in [5, 5.41) is 0.294. The van der Waals surface area contributed by atoms with Gasteiger partial charge in [-0.25, -0.2) is 18.8 Å². The zero-order chi connectivity index (χ0) is 17.4. The van der Waals surface area contributed by atoms with Crippen LogP contribution >= 0.6 is 11.6 Å². The minimum atomic E-state index is -0.474. The molecule has 1 aliphatic heterocycles. The molecular formula is C19H14ClF2N3. The lowest BCUT2D eigenvalue weighted by atomic mass is 9.87. The maximum Gasteiger partial charge on any atom is 0.177 e. The number of amidine groups is 1. The van der Waals surface area contributed by atoms with Gasteiger partial charge < -0.3 is 0 Å². The lowest BCUT2D eigenvalue weighted by Crippen LogP contribution is -2.23. The first-order chi connectivity index (χ1) is 12.1. The number of rotatable bonds is 2. The molecule has 126 valence electrons. The lowest BCUT2D eigenvalue weighted by Gasteiger charge is -2.27. The summed E-state index contributed by atoms with van der Waals surface area (Å²) < 4.78 is 27.6. The second kappa shape index (κ2) is 6.48. The van der Waals surface area contributed by atoms with E-state index in [1.165, 1.54) is 30.5 Å². The van der Waals surface area contributed by atoms with Gasteiger partial charge in [0.2, 0.25) is 0 Å². The molecule has 1 atom stereocenters. The summed E-state index contributed by atoms with van der Waals surface area (Å²) in [6.45, 7) is 0. The Kier molecular flexibility index (Phi) is 4.17. The van der Waals surface area contributed by atoms with Gasteiger partial charge in [-0.3, -0.25) is 4.99 Å². The van der Waals surface area contributed by atoms with Crippen molar-refractivity contribution in [2.24, 2.45) is 9.98 Å². The number of aromatic nitrogens is 1. The van der Waals surface area contributed by atoms with Gasteiger partial charge in [0.15, 0.2) is 11.7 Å². The van der Waals surface area contributed by atoms with Crippen LogP contribution in [0.3, 0.4) is 0 Å². The van der Waals surface area contributed by atoms with E-state index in [9.17, 15) is 8.78 Å². The highest BCUT2D eigenvalue weighted by molar-refractivity contribution is 6.31. The van der Waals surface area contributed by atoms with Crippen LogP contribution in [0.1, 0.15) is 36.6 Å². The molecule has 4 rings (SSSR count). The minimum Gasteiger partial charge on any atom is -0.252 e. The van der Waals surface area contributed by atoms with Crippen molar-refractivity contribution in [3.05, 3.63) is 76.1 Å². The Morgan fingerprint density at radius 2 is 2.04 bits per heavy atom. The Hall–Kier alpha value is -2.40. The average molecular weight is 358 g/mol. The summed E-state index contributed by atoms with van der Waals surface area (Å²) in [6.07, 6.45) is 6.28. The Morgan fingerprint density at radius 1 is 1.16 bits per heavy atom. The van der Waals surface area contributed by atoms with E-state index in [-0.39, 0.29) is 11.5 Å². The lowest BCUT2D eigenvalue weighted by molar-refractivity contribution is 0.617. The first kappa shape index (κ1) is 16.1. The number of hydrogen-bond acceptors (Lipinski definition) is 3. The Morgan fingerprint density at radius 3 is 2.84 bits per heavy atom. The van der Waals surface area contributed by atoms with E-state index in [0.29, 0.717) is 10.6 Å². The van der Waals surface area contributed by atoms with Crippen molar-refractivity contribution in [3.63, 3.8) is 0 Å². The molecule has 3 nitrogen and oxygen atoms in total. The number of hydrogen-bond donors (Lipinski definition) is 0. The van der Waals surface area contributed by atoms with Crippen molar-refractivity contribution in [2.45, 2.75) is 25.3 Å². The summed E-state index contributed by atoms with van der Waals surface area (Å²) in [5.74, 6) is -0.633. The highest BCUT2D eigenvalue weighted by Gasteiger charge is 2.30. The Balaban J connectivity index is 1.87. The molecule has 0 saturated heterocycles. The number of benzene rings is 1. The number of nitrogens with zero attached hydrogens (tertiary/aromatic N) is 3. The molecule has 2 heterocycles. The number of aliphatic imine (C=N–C) groups is 2. The summed E-state index contributed by atoms with van der Waals surface area (Å²) in [7, 11) is 0. The zero-order valence-corrected chi connectivity index (χ0v) is 14.0. The fourth-order valence-electron chi connectivity index (χ4n) is 3.15. The molecule has 0 saturated carbocycles. The van der Waals surface area contributed by atoms with E-state index in [1.54, 1.807) is 6.07 Å². The quantitative estimate of drug-likeness (QED) is 0.739. The summed E-state index contributed by atoms with van der Waals surface area (Å²) >= 11 is 6.25. The fourth-order valence-corrected chi connectivity index (χ4v) is 3.42. The molecule has 2 aliphatic rings. The van der Waals surface area contributed by atoms with Gasteiger partial charge in [0.25, 0.3) is 0 Å². The van der Waals surface area contributed by atoms with E-state index in [0.717, 1.165) is 30.5 Å². The number of fused-ring (bicyclic) bond motifs is 1. The highest BCUT2D eigenvalue weighted by atomic mass is 35.5. The van der Waals surface area contributed by atoms with Crippen molar-refractivity contribution in [2.75, 3.05) is 0 Å². The molecule has 1 unspecified atom stereocenters. The van der Waals surface area contributed by atoms with Crippen LogP contribution in [-0.2, 0) is 0 Å². The largest absolute Gasteiger partial charge is 0.252 e. The van der Waals surface area contributed by atoms with E-state index >= 15 is 0 Å². The predicted molar refractivity (Wildman–Crippen MR) is 94.3 cm³/mol. The minimum absolute atomic E-state index is 0.114. The van der Waals surface area contributed by atoms with Crippen LogP contribution < -0.4 is 0 Å². The van der Waals surface area contributed by atoms with Crippen molar-refractivity contribution in [3.8, 4) is 0 Å². The van der Waals surface area contributed by atoms with Gasteiger partial charge in [-0.1, -0.05) is 23.7 Å². The molecule has 0 spiro atoms. The molecule has 2 aromatic rings. The van der Waals surface area contributed by atoms with E-state index < -0.39 is 17.7 Å². The Labute approximate surface area is 148 Å². The van der Waals surface area contributed by atoms with Gasteiger partial charge in [-0.15, -0.1) is 0 Å². The first-order valence-electron chi connectivity index (χ1n) is 8.05. The first-order valence-corrected chi connectivity index (χ1v) is 8.43. The van der Waals surface area contributed by atoms with E-state index in [4.69, 9.17) is 11.6 Å². The number of halogens is 3. The van der Waals surface area contributed by atoms with Crippen molar-refractivity contribution < 1.29 is 8.78 Å². The van der Waals surface area contributed by atoms with Gasteiger partial charge in [0, 0.05) is 16.9 Å². The molecule has 1 aromatic carbocycles. The third-order valence-electron chi connectivity index (χ3n) is 4.33.